The normalized spacial score (nSPS) is 28.0. The van der Waals surface area contributed by atoms with Crippen LogP contribution in [0.1, 0.15) is 43.0 Å². The highest BCUT2D eigenvalue weighted by Gasteiger charge is 2.54. The Morgan fingerprint density at radius 2 is 2.29 bits per heavy atom. The van der Waals surface area contributed by atoms with Crippen molar-refractivity contribution in [2.75, 3.05) is 19.6 Å². The lowest BCUT2D eigenvalue weighted by Crippen LogP contribution is -2.68. The lowest BCUT2D eigenvalue weighted by Gasteiger charge is -2.55. The minimum absolute atomic E-state index is 0.0819. The smallest absolute Gasteiger partial charge is 0.232 e. The number of rotatable bonds is 4. The molecule has 2 aliphatic rings. The van der Waals surface area contributed by atoms with Gasteiger partial charge in [-0.2, -0.15) is 0 Å². The van der Waals surface area contributed by atoms with Crippen LogP contribution in [0.3, 0.4) is 0 Å². The van der Waals surface area contributed by atoms with Crippen molar-refractivity contribution >= 4 is 17.2 Å². The molecule has 1 aromatic rings. The topological polar surface area (TPSA) is 36.4 Å². The molecule has 2 fully saturated rings. The van der Waals surface area contributed by atoms with E-state index in [4.69, 9.17) is 0 Å². The molecule has 1 spiro atoms. The van der Waals surface area contributed by atoms with Gasteiger partial charge in [0.05, 0.1) is 10.4 Å². The maximum absolute atomic E-state index is 12.6. The first-order chi connectivity index (χ1) is 10.0. The van der Waals surface area contributed by atoms with E-state index in [2.05, 4.69) is 28.6 Å². The fourth-order valence-electron chi connectivity index (χ4n) is 3.62. The minimum atomic E-state index is -0.0819. The Balaban J connectivity index is 1.63. The third kappa shape index (κ3) is 2.73. The van der Waals surface area contributed by atoms with Gasteiger partial charge in [0, 0.05) is 36.8 Å². The zero-order valence-electron chi connectivity index (χ0n) is 13.3. The predicted molar refractivity (Wildman–Crippen MR) is 85.3 cm³/mol. The number of amides is 1. The quantitative estimate of drug-likeness (QED) is 0.803. The molecular weight excluding hydrogens is 282 g/mol. The van der Waals surface area contributed by atoms with E-state index < -0.39 is 0 Å². The van der Waals surface area contributed by atoms with Gasteiger partial charge >= 0.3 is 0 Å². The molecule has 5 heteroatoms. The highest BCUT2D eigenvalue weighted by molar-refractivity contribution is 7.11. The Morgan fingerprint density at radius 1 is 1.48 bits per heavy atom. The lowest BCUT2D eigenvalue weighted by molar-refractivity contribution is -0.170. The monoisotopic (exact) mass is 307 g/mol. The van der Waals surface area contributed by atoms with Crippen LogP contribution in [0.25, 0.3) is 0 Å². The highest BCUT2D eigenvalue weighted by atomic mass is 32.1. The van der Waals surface area contributed by atoms with Crippen LogP contribution in [-0.2, 0) is 11.3 Å². The van der Waals surface area contributed by atoms with Crippen LogP contribution < -0.4 is 0 Å². The Bertz CT molecular complexity index is 529. The van der Waals surface area contributed by atoms with Crippen LogP contribution in [-0.4, -0.2) is 46.4 Å². The summed E-state index contributed by atoms with van der Waals surface area (Å²) in [5.41, 5.74) is -0.0819. The summed E-state index contributed by atoms with van der Waals surface area (Å²) in [6.45, 7) is 10.3. The Morgan fingerprint density at radius 3 is 2.90 bits per heavy atom. The number of β-lactam (4-membered cyclic amide) rings is 1. The number of hydrogen-bond donors (Lipinski definition) is 0. The van der Waals surface area contributed by atoms with Gasteiger partial charge in [-0.3, -0.25) is 9.69 Å². The SMILES string of the molecule is CC[C@H](C)N1C[C@]2(CCCN(Cc3cnc(C)s3)C2)C1=O. The number of carbonyl (C=O) groups excluding carboxylic acids is 1. The number of carbonyl (C=O) groups is 1. The largest absolute Gasteiger partial charge is 0.338 e. The second-order valence-electron chi connectivity index (χ2n) is 6.63. The molecule has 2 aliphatic heterocycles. The van der Waals surface area contributed by atoms with Crippen LogP contribution in [0.5, 0.6) is 0 Å². The number of nitrogens with zero attached hydrogens (tertiary/aromatic N) is 3. The average Bonchev–Trinajstić information content (AvgIpc) is 2.89. The summed E-state index contributed by atoms with van der Waals surface area (Å²) in [6, 6.07) is 0.391. The fraction of sp³-hybridized carbons (Fsp3) is 0.750. The van der Waals surface area contributed by atoms with Gasteiger partial charge in [0.15, 0.2) is 0 Å². The van der Waals surface area contributed by atoms with Crippen molar-refractivity contribution in [3.8, 4) is 0 Å². The number of aryl methyl sites for hydroxylation is 1. The van der Waals surface area contributed by atoms with E-state index in [-0.39, 0.29) is 5.41 Å². The number of aromatic nitrogens is 1. The van der Waals surface area contributed by atoms with Crippen molar-refractivity contribution in [2.24, 2.45) is 5.41 Å². The lowest BCUT2D eigenvalue weighted by atomic mass is 9.71. The van der Waals surface area contributed by atoms with Crippen molar-refractivity contribution in [3.05, 3.63) is 16.1 Å². The molecule has 3 heterocycles. The van der Waals surface area contributed by atoms with Gasteiger partial charge in [0.25, 0.3) is 0 Å². The average molecular weight is 307 g/mol. The molecule has 116 valence electrons. The maximum Gasteiger partial charge on any atom is 0.232 e. The Kier molecular flexibility index (Phi) is 4.06. The summed E-state index contributed by atoms with van der Waals surface area (Å²) in [6.07, 6.45) is 5.23. The first-order valence-electron chi connectivity index (χ1n) is 7.99. The molecule has 0 unspecified atom stereocenters. The van der Waals surface area contributed by atoms with Crippen LogP contribution in [0.15, 0.2) is 6.20 Å². The van der Waals surface area contributed by atoms with Gasteiger partial charge in [-0.25, -0.2) is 4.98 Å². The van der Waals surface area contributed by atoms with E-state index in [0.29, 0.717) is 11.9 Å². The zero-order valence-corrected chi connectivity index (χ0v) is 14.1. The van der Waals surface area contributed by atoms with Gasteiger partial charge < -0.3 is 4.90 Å². The molecule has 2 atom stereocenters. The molecule has 0 saturated carbocycles. The van der Waals surface area contributed by atoms with Crippen molar-refractivity contribution < 1.29 is 4.79 Å². The van der Waals surface area contributed by atoms with Gasteiger partial charge in [-0.1, -0.05) is 6.92 Å². The molecule has 0 aliphatic carbocycles. The number of thiazole rings is 1. The highest BCUT2D eigenvalue weighted by Crippen LogP contribution is 2.42. The summed E-state index contributed by atoms with van der Waals surface area (Å²) in [5, 5.41) is 1.12. The molecule has 0 radical (unpaired) electrons. The summed E-state index contributed by atoms with van der Waals surface area (Å²) in [5.74, 6) is 0.391. The molecule has 2 saturated heterocycles. The van der Waals surface area contributed by atoms with Crippen LogP contribution >= 0.6 is 11.3 Å². The second kappa shape index (κ2) is 5.69. The zero-order chi connectivity index (χ0) is 15.0. The van der Waals surface area contributed by atoms with Crippen molar-refractivity contribution in [2.45, 2.75) is 52.6 Å². The van der Waals surface area contributed by atoms with Gasteiger partial charge in [-0.05, 0) is 39.7 Å². The van der Waals surface area contributed by atoms with E-state index in [0.717, 1.165) is 50.4 Å². The standard InChI is InChI=1S/C16H25N3OS/c1-4-12(2)19-11-16(15(19)20)6-5-7-18(10-16)9-14-8-17-13(3)21-14/h8,12H,4-7,9-11H2,1-3H3/t12-,16+/m0/s1. The first-order valence-corrected chi connectivity index (χ1v) is 8.80. The van der Waals surface area contributed by atoms with Crippen LogP contribution in [0.4, 0.5) is 0 Å². The molecule has 0 N–H and O–H groups in total. The first kappa shape index (κ1) is 15.0. The summed E-state index contributed by atoms with van der Waals surface area (Å²) in [4.78, 5) is 22.8. The van der Waals surface area contributed by atoms with E-state index in [1.54, 1.807) is 11.3 Å². The fourth-order valence-corrected chi connectivity index (χ4v) is 4.46. The molecule has 1 aromatic heterocycles. The third-order valence-corrected chi connectivity index (χ3v) is 5.91. The number of hydrogen-bond acceptors (Lipinski definition) is 4. The minimum Gasteiger partial charge on any atom is -0.338 e. The van der Waals surface area contributed by atoms with Gasteiger partial charge in [-0.15, -0.1) is 11.3 Å². The molecule has 0 bridgehead atoms. The molecule has 1 amide bonds. The van der Waals surface area contributed by atoms with E-state index in [1.165, 1.54) is 4.88 Å². The summed E-state index contributed by atoms with van der Waals surface area (Å²) in [7, 11) is 0. The van der Waals surface area contributed by atoms with Crippen LogP contribution in [0, 0.1) is 12.3 Å². The van der Waals surface area contributed by atoms with Crippen molar-refractivity contribution in [3.63, 3.8) is 0 Å². The van der Waals surface area contributed by atoms with Gasteiger partial charge in [0.1, 0.15) is 0 Å². The maximum atomic E-state index is 12.6. The Labute approximate surface area is 131 Å². The number of piperidine rings is 1. The molecule has 4 nitrogen and oxygen atoms in total. The molecular formula is C16H25N3OS. The molecule has 3 rings (SSSR count). The predicted octanol–water partition coefficient (Wildman–Crippen LogP) is 2.67. The molecule has 21 heavy (non-hydrogen) atoms. The van der Waals surface area contributed by atoms with E-state index in [1.807, 2.05) is 13.1 Å². The molecule has 0 aromatic carbocycles. The van der Waals surface area contributed by atoms with Gasteiger partial charge in [0.2, 0.25) is 5.91 Å². The van der Waals surface area contributed by atoms with Crippen LogP contribution in [0.2, 0.25) is 0 Å². The summed E-state index contributed by atoms with van der Waals surface area (Å²) < 4.78 is 0. The Hall–Kier alpha value is -0.940. The third-order valence-electron chi connectivity index (χ3n) is 5.01. The van der Waals surface area contributed by atoms with Crippen molar-refractivity contribution in [1.29, 1.82) is 0 Å². The number of likely N-dealkylation sites (tertiary alicyclic amines) is 2. The second-order valence-corrected chi connectivity index (χ2v) is 7.95. The van der Waals surface area contributed by atoms with E-state index >= 15 is 0 Å². The summed E-state index contributed by atoms with van der Waals surface area (Å²) >= 11 is 1.77. The van der Waals surface area contributed by atoms with Crippen molar-refractivity contribution in [1.82, 2.24) is 14.8 Å². The van der Waals surface area contributed by atoms with E-state index in [9.17, 15) is 4.79 Å².